The third kappa shape index (κ3) is 3.90. The van der Waals surface area contributed by atoms with Gasteiger partial charge in [0.15, 0.2) is 9.84 Å². The Hall–Kier alpha value is -1.66. The molecule has 1 amide bonds. The summed E-state index contributed by atoms with van der Waals surface area (Å²) >= 11 is 0. The first kappa shape index (κ1) is 13.8. The first-order valence-corrected chi connectivity index (χ1v) is 7.69. The number of nitrogens with one attached hydrogen (secondary N) is 1. The van der Waals surface area contributed by atoms with Crippen LogP contribution in [0.4, 0.5) is 0 Å². The standard InChI is InChI=1S/C13H16N2O3S/c14-12(8-10-4-2-1-3-5-10)13(16)15-11-6-7-19(17,18)9-11/h1-7,11-12H,8-9,14H2,(H,15,16)/t11?,12-/m1/s1. The number of hydrogen-bond acceptors (Lipinski definition) is 4. The van der Waals surface area contributed by atoms with E-state index >= 15 is 0 Å². The second kappa shape index (κ2) is 5.54. The number of rotatable bonds is 4. The maximum atomic E-state index is 11.8. The van der Waals surface area contributed by atoms with Gasteiger partial charge in [0.25, 0.3) is 0 Å². The number of hydrogen-bond donors (Lipinski definition) is 2. The molecule has 0 saturated heterocycles. The Morgan fingerprint density at radius 1 is 1.37 bits per heavy atom. The summed E-state index contributed by atoms with van der Waals surface area (Å²) in [5.74, 6) is -0.424. The molecule has 3 N–H and O–H groups in total. The minimum Gasteiger partial charge on any atom is -0.347 e. The largest absolute Gasteiger partial charge is 0.347 e. The highest BCUT2D eigenvalue weighted by Gasteiger charge is 2.25. The molecule has 1 aliphatic rings. The Kier molecular flexibility index (Phi) is 4.01. The van der Waals surface area contributed by atoms with Crippen LogP contribution in [0.15, 0.2) is 41.8 Å². The van der Waals surface area contributed by atoms with Crippen LogP contribution in [0.25, 0.3) is 0 Å². The van der Waals surface area contributed by atoms with Crippen LogP contribution in [0.3, 0.4) is 0 Å². The summed E-state index contributed by atoms with van der Waals surface area (Å²) in [7, 11) is -3.16. The minimum absolute atomic E-state index is 0.0865. The molecular weight excluding hydrogens is 264 g/mol. The summed E-state index contributed by atoms with van der Waals surface area (Å²) in [4.78, 5) is 11.8. The van der Waals surface area contributed by atoms with Crippen LogP contribution >= 0.6 is 0 Å². The summed E-state index contributed by atoms with van der Waals surface area (Å²) in [6, 6.07) is 8.29. The average molecular weight is 280 g/mol. The van der Waals surface area contributed by atoms with E-state index in [-0.39, 0.29) is 11.7 Å². The van der Waals surface area contributed by atoms with Gasteiger partial charge in [-0.3, -0.25) is 4.79 Å². The monoisotopic (exact) mass is 280 g/mol. The zero-order valence-corrected chi connectivity index (χ0v) is 11.1. The van der Waals surface area contributed by atoms with E-state index in [1.807, 2.05) is 30.3 Å². The second-order valence-electron chi connectivity index (χ2n) is 4.57. The highest BCUT2D eigenvalue weighted by atomic mass is 32.2. The first-order chi connectivity index (χ1) is 8.96. The van der Waals surface area contributed by atoms with Crippen molar-refractivity contribution in [1.29, 1.82) is 0 Å². The molecule has 1 aliphatic heterocycles. The van der Waals surface area contributed by atoms with Gasteiger partial charge in [-0.2, -0.15) is 0 Å². The molecule has 5 nitrogen and oxygen atoms in total. The lowest BCUT2D eigenvalue weighted by molar-refractivity contribution is -0.122. The van der Waals surface area contributed by atoms with Crippen LogP contribution in [0.2, 0.25) is 0 Å². The topological polar surface area (TPSA) is 89.3 Å². The van der Waals surface area contributed by atoms with E-state index in [9.17, 15) is 13.2 Å². The molecule has 2 atom stereocenters. The quantitative estimate of drug-likeness (QED) is 0.811. The predicted molar refractivity (Wildman–Crippen MR) is 73.0 cm³/mol. The Morgan fingerprint density at radius 2 is 2.05 bits per heavy atom. The SMILES string of the molecule is N[C@H](Cc1ccccc1)C(=O)NC1C=CS(=O)(=O)C1. The van der Waals surface area contributed by atoms with Crippen LogP contribution in [0.1, 0.15) is 5.56 Å². The van der Waals surface area contributed by atoms with Gasteiger partial charge >= 0.3 is 0 Å². The Balaban J connectivity index is 1.89. The molecule has 1 aromatic carbocycles. The smallest absolute Gasteiger partial charge is 0.237 e. The van der Waals surface area contributed by atoms with Crippen molar-refractivity contribution in [1.82, 2.24) is 5.32 Å². The van der Waals surface area contributed by atoms with Gasteiger partial charge in [-0.1, -0.05) is 30.3 Å². The normalized spacial score (nSPS) is 22.1. The zero-order valence-electron chi connectivity index (χ0n) is 10.3. The van der Waals surface area contributed by atoms with E-state index in [4.69, 9.17) is 5.73 Å². The number of carbonyl (C=O) groups excluding carboxylic acids is 1. The van der Waals surface area contributed by atoms with Crippen LogP contribution in [0, 0.1) is 0 Å². The lowest BCUT2D eigenvalue weighted by atomic mass is 10.1. The summed E-state index contributed by atoms with van der Waals surface area (Å²) < 4.78 is 22.4. The Morgan fingerprint density at radius 3 is 2.63 bits per heavy atom. The molecular formula is C13H16N2O3S. The third-order valence-corrected chi connectivity index (χ3v) is 4.29. The Bertz CT molecular complexity index is 581. The summed E-state index contributed by atoms with van der Waals surface area (Å²) in [6.07, 6.45) is 1.90. The van der Waals surface area contributed by atoms with E-state index in [2.05, 4.69) is 5.32 Å². The van der Waals surface area contributed by atoms with E-state index in [1.54, 1.807) is 0 Å². The van der Waals surface area contributed by atoms with Crippen molar-refractivity contribution in [3.63, 3.8) is 0 Å². The average Bonchev–Trinajstić information content (AvgIpc) is 2.70. The molecule has 0 fully saturated rings. The predicted octanol–water partition coefficient (Wildman–Crippen LogP) is -0.0167. The highest BCUT2D eigenvalue weighted by molar-refractivity contribution is 7.94. The number of carbonyl (C=O) groups is 1. The van der Waals surface area contributed by atoms with Gasteiger partial charge in [0.05, 0.1) is 17.8 Å². The fourth-order valence-electron chi connectivity index (χ4n) is 1.92. The van der Waals surface area contributed by atoms with Crippen LogP contribution < -0.4 is 11.1 Å². The van der Waals surface area contributed by atoms with Crippen molar-refractivity contribution in [2.45, 2.75) is 18.5 Å². The van der Waals surface area contributed by atoms with E-state index < -0.39 is 21.9 Å². The first-order valence-electron chi connectivity index (χ1n) is 5.97. The molecule has 1 unspecified atom stereocenters. The molecule has 1 heterocycles. The maximum Gasteiger partial charge on any atom is 0.237 e. The molecule has 102 valence electrons. The Labute approximate surface area is 112 Å². The molecule has 19 heavy (non-hydrogen) atoms. The second-order valence-corrected chi connectivity index (χ2v) is 6.50. The summed E-state index contributed by atoms with van der Waals surface area (Å²) in [5.41, 5.74) is 6.78. The van der Waals surface area contributed by atoms with Crippen molar-refractivity contribution < 1.29 is 13.2 Å². The van der Waals surface area contributed by atoms with Gasteiger partial charge in [0, 0.05) is 5.41 Å². The molecule has 0 aromatic heterocycles. The number of sulfone groups is 1. The third-order valence-electron chi connectivity index (χ3n) is 2.89. The minimum atomic E-state index is -3.16. The van der Waals surface area contributed by atoms with Crippen LogP contribution in [-0.2, 0) is 21.1 Å². The van der Waals surface area contributed by atoms with Gasteiger partial charge < -0.3 is 11.1 Å². The molecule has 0 bridgehead atoms. The summed E-state index contributed by atoms with van der Waals surface area (Å²) in [6.45, 7) is 0. The molecule has 0 saturated carbocycles. The van der Waals surface area contributed by atoms with Gasteiger partial charge in [0.1, 0.15) is 0 Å². The fourth-order valence-corrected chi connectivity index (χ4v) is 3.15. The van der Waals surface area contributed by atoms with Gasteiger partial charge in [0.2, 0.25) is 5.91 Å². The number of benzene rings is 1. The summed E-state index contributed by atoms with van der Waals surface area (Å²) in [5, 5.41) is 3.75. The molecule has 0 spiro atoms. The van der Waals surface area contributed by atoms with E-state index in [1.165, 1.54) is 6.08 Å². The lowest BCUT2D eigenvalue weighted by Crippen LogP contribution is -2.46. The zero-order chi connectivity index (χ0) is 13.9. The van der Waals surface area contributed by atoms with E-state index in [0.717, 1.165) is 11.0 Å². The van der Waals surface area contributed by atoms with Gasteiger partial charge in [-0.25, -0.2) is 8.42 Å². The van der Waals surface area contributed by atoms with Gasteiger partial charge in [-0.15, -0.1) is 0 Å². The number of amides is 1. The van der Waals surface area contributed by atoms with Crippen molar-refractivity contribution >= 4 is 15.7 Å². The molecule has 6 heteroatoms. The van der Waals surface area contributed by atoms with Crippen molar-refractivity contribution in [3.05, 3.63) is 47.4 Å². The maximum absolute atomic E-state index is 11.8. The van der Waals surface area contributed by atoms with Gasteiger partial charge in [-0.05, 0) is 18.1 Å². The molecule has 0 aliphatic carbocycles. The lowest BCUT2D eigenvalue weighted by Gasteiger charge is -2.15. The van der Waals surface area contributed by atoms with E-state index in [0.29, 0.717) is 6.42 Å². The molecule has 0 radical (unpaired) electrons. The van der Waals surface area contributed by atoms with Crippen LogP contribution in [-0.4, -0.2) is 32.2 Å². The molecule has 2 rings (SSSR count). The highest BCUT2D eigenvalue weighted by Crippen LogP contribution is 2.08. The van der Waals surface area contributed by atoms with Crippen LogP contribution in [0.5, 0.6) is 0 Å². The fraction of sp³-hybridized carbons (Fsp3) is 0.308. The molecule has 1 aromatic rings. The van der Waals surface area contributed by atoms with Crippen molar-refractivity contribution in [2.24, 2.45) is 5.73 Å². The number of nitrogens with two attached hydrogens (primary N) is 1. The van der Waals surface area contributed by atoms with Crippen molar-refractivity contribution in [2.75, 3.05) is 5.75 Å². The van der Waals surface area contributed by atoms with Crippen molar-refractivity contribution in [3.8, 4) is 0 Å².